The summed E-state index contributed by atoms with van der Waals surface area (Å²) in [6.07, 6.45) is 2.72. The van der Waals surface area contributed by atoms with E-state index in [1.807, 2.05) is 90.3 Å². The molecule has 7 heteroatoms. The summed E-state index contributed by atoms with van der Waals surface area (Å²) >= 11 is 0. The fourth-order valence-electron chi connectivity index (χ4n) is 5.36. The number of nitrogens with zero attached hydrogens (tertiary/aromatic N) is 4. The molecule has 0 spiro atoms. The van der Waals surface area contributed by atoms with Crippen LogP contribution in [0.25, 0.3) is 11.5 Å². The zero-order valence-corrected chi connectivity index (χ0v) is 22.2. The maximum atomic E-state index is 14.1. The van der Waals surface area contributed by atoms with Crippen molar-refractivity contribution in [3.05, 3.63) is 131 Å². The molecule has 39 heavy (non-hydrogen) atoms. The number of hydrogen-bond acceptors (Lipinski definition) is 2. The Kier molecular flexibility index (Phi) is 6.27. The molecule has 0 radical (unpaired) electrons. The van der Waals surface area contributed by atoms with Crippen LogP contribution in [0, 0.1) is 19.7 Å². The average Bonchev–Trinajstić information content (AvgIpc) is 3.53. The molecule has 0 saturated heterocycles. The first kappa shape index (κ1) is 24.7. The minimum Gasteiger partial charge on any atom is -0.308 e. The van der Waals surface area contributed by atoms with E-state index in [1.54, 1.807) is 12.1 Å². The number of fused-ring (bicyclic) bond motifs is 3. The Hall–Kier alpha value is -4.65. The average molecular weight is 520 g/mol. The fourth-order valence-corrected chi connectivity index (χ4v) is 5.36. The first-order valence-electron chi connectivity index (χ1n) is 13.2. The second-order valence-corrected chi connectivity index (χ2v) is 9.96. The lowest BCUT2D eigenvalue weighted by Crippen LogP contribution is -2.38. The molecular formula is C32H30FN5O. The molecule has 6 nitrogen and oxygen atoms in total. The standard InChI is InChI=1S/C32H30FN5O/c1-4-28-27-20-37(32(39)34-25-17-12-21(2)22(3)19-25)30(23-13-15-24(33)16-14-23)29-11-8-18-36(29)31(27)38(35-28)26-9-6-5-7-10-26/h5-19,30H,4,20H2,1-3H3,(H,34,39)/t30-/m1/s1. The fraction of sp³-hybridized carbons (Fsp3) is 0.188. The molecule has 1 atom stereocenters. The smallest absolute Gasteiger partial charge is 0.308 e. The van der Waals surface area contributed by atoms with E-state index in [1.165, 1.54) is 12.1 Å². The Labute approximate surface area is 227 Å². The van der Waals surface area contributed by atoms with E-state index >= 15 is 0 Å². The molecule has 1 N–H and O–H groups in total. The molecule has 0 aliphatic carbocycles. The van der Waals surface area contributed by atoms with Crippen LogP contribution in [0.15, 0.2) is 91.1 Å². The summed E-state index contributed by atoms with van der Waals surface area (Å²) in [6, 6.07) is 25.7. The van der Waals surface area contributed by atoms with Crippen molar-refractivity contribution < 1.29 is 9.18 Å². The van der Waals surface area contributed by atoms with Gasteiger partial charge in [0, 0.05) is 17.4 Å². The molecule has 0 fully saturated rings. The quantitative estimate of drug-likeness (QED) is 0.275. The highest BCUT2D eigenvalue weighted by Crippen LogP contribution is 2.39. The minimum absolute atomic E-state index is 0.234. The number of para-hydroxylation sites is 1. The van der Waals surface area contributed by atoms with Crippen molar-refractivity contribution >= 4 is 11.7 Å². The molecule has 3 aromatic carbocycles. The number of halogens is 1. The van der Waals surface area contributed by atoms with Crippen LogP contribution in [0.5, 0.6) is 0 Å². The molecule has 2 aromatic heterocycles. The largest absolute Gasteiger partial charge is 0.322 e. The highest BCUT2D eigenvalue weighted by Gasteiger charge is 2.36. The molecule has 196 valence electrons. The molecule has 1 aliphatic heterocycles. The summed E-state index contributed by atoms with van der Waals surface area (Å²) in [5, 5.41) is 8.12. The van der Waals surface area contributed by atoms with Crippen LogP contribution >= 0.6 is 0 Å². The molecule has 3 heterocycles. The van der Waals surface area contributed by atoms with E-state index in [4.69, 9.17) is 5.10 Å². The van der Waals surface area contributed by atoms with Gasteiger partial charge in [0.1, 0.15) is 11.6 Å². The van der Waals surface area contributed by atoms with Crippen molar-refractivity contribution in [2.24, 2.45) is 0 Å². The summed E-state index contributed by atoms with van der Waals surface area (Å²) in [5.41, 5.74) is 7.58. The number of nitrogens with one attached hydrogen (secondary N) is 1. The van der Waals surface area contributed by atoms with Gasteiger partial charge in [0.15, 0.2) is 0 Å². The van der Waals surface area contributed by atoms with Crippen LogP contribution < -0.4 is 5.32 Å². The zero-order chi connectivity index (χ0) is 27.1. The first-order valence-corrected chi connectivity index (χ1v) is 13.2. The van der Waals surface area contributed by atoms with Gasteiger partial charge in [-0.25, -0.2) is 13.9 Å². The Morgan fingerprint density at radius 2 is 1.74 bits per heavy atom. The molecule has 0 saturated carbocycles. The number of hydrogen-bond donors (Lipinski definition) is 1. The molecule has 1 aliphatic rings. The number of carbonyl (C=O) groups is 1. The van der Waals surface area contributed by atoms with E-state index < -0.39 is 6.04 Å². The summed E-state index contributed by atoms with van der Waals surface area (Å²) in [7, 11) is 0. The lowest BCUT2D eigenvalue weighted by Gasteiger charge is -2.31. The maximum absolute atomic E-state index is 14.1. The monoisotopic (exact) mass is 519 g/mol. The van der Waals surface area contributed by atoms with E-state index in [2.05, 4.69) is 16.8 Å². The number of urea groups is 1. The molecule has 0 bridgehead atoms. The van der Waals surface area contributed by atoms with Gasteiger partial charge in [-0.3, -0.25) is 0 Å². The molecule has 2 amide bonds. The Morgan fingerprint density at radius 1 is 0.974 bits per heavy atom. The van der Waals surface area contributed by atoms with Crippen molar-refractivity contribution in [3.63, 3.8) is 0 Å². The van der Waals surface area contributed by atoms with E-state index in [-0.39, 0.29) is 11.8 Å². The first-order chi connectivity index (χ1) is 18.9. The maximum Gasteiger partial charge on any atom is 0.322 e. The number of amides is 2. The molecule has 5 aromatic rings. The number of aromatic nitrogens is 3. The summed E-state index contributed by atoms with van der Waals surface area (Å²) in [5.74, 6) is 0.594. The van der Waals surface area contributed by atoms with Gasteiger partial charge in [-0.2, -0.15) is 5.10 Å². The van der Waals surface area contributed by atoms with Crippen LogP contribution in [0.2, 0.25) is 0 Å². The van der Waals surface area contributed by atoms with Gasteiger partial charge in [-0.15, -0.1) is 0 Å². The third-order valence-electron chi connectivity index (χ3n) is 7.51. The molecule has 6 rings (SSSR count). The Balaban J connectivity index is 1.54. The summed E-state index contributed by atoms with van der Waals surface area (Å²) in [4.78, 5) is 15.9. The number of carbonyl (C=O) groups excluding carboxylic acids is 1. The molecular weight excluding hydrogens is 489 g/mol. The van der Waals surface area contributed by atoms with E-state index in [9.17, 15) is 9.18 Å². The number of aryl methyl sites for hydroxylation is 3. The number of rotatable bonds is 4. The van der Waals surface area contributed by atoms with Crippen LogP contribution in [0.4, 0.5) is 14.9 Å². The lowest BCUT2D eigenvalue weighted by atomic mass is 10.0. The van der Waals surface area contributed by atoms with E-state index in [0.29, 0.717) is 13.0 Å². The SMILES string of the molecule is CCc1nn(-c2ccccc2)c2c1CN(C(=O)Nc1ccc(C)c(C)c1)[C@H](c1ccc(F)cc1)c1cccn1-2. The second-order valence-electron chi connectivity index (χ2n) is 9.96. The van der Waals surface area contributed by atoms with Crippen LogP contribution in [0.3, 0.4) is 0 Å². The van der Waals surface area contributed by atoms with Crippen LogP contribution in [-0.4, -0.2) is 25.3 Å². The van der Waals surface area contributed by atoms with Gasteiger partial charge in [0.25, 0.3) is 0 Å². The third-order valence-corrected chi connectivity index (χ3v) is 7.51. The normalized spacial score (nSPS) is 14.5. The van der Waals surface area contributed by atoms with Crippen LogP contribution in [0.1, 0.15) is 46.6 Å². The predicted octanol–water partition coefficient (Wildman–Crippen LogP) is 7.12. The van der Waals surface area contributed by atoms with Crippen molar-refractivity contribution in [3.8, 4) is 11.5 Å². The van der Waals surface area contributed by atoms with Crippen molar-refractivity contribution in [2.45, 2.75) is 39.8 Å². The van der Waals surface area contributed by atoms with Crippen molar-refractivity contribution in [1.29, 1.82) is 0 Å². The van der Waals surface area contributed by atoms with Gasteiger partial charge in [0.2, 0.25) is 0 Å². The lowest BCUT2D eigenvalue weighted by molar-refractivity contribution is 0.194. The van der Waals surface area contributed by atoms with Crippen molar-refractivity contribution in [1.82, 2.24) is 19.2 Å². The van der Waals surface area contributed by atoms with Gasteiger partial charge >= 0.3 is 6.03 Å². The van der Waals surface area contributed by atoms with Gasteiger partial charge in [-0.05, 0) is 85.5 Å². The summed E-state index contributed by atoms with van der Waals surface area (Å²) in [6.45, 7) is 6.50. The predicted molar refractivity (Wildman–Crippen MR) is 151 cm³/mol. The van der Waals surface area contributed by atoms with Gasteiger partial charge in [-0.1, -0.05) is 43.3 Å². The topological polar surface area (TPSA) is 55.1 Å². The Morgan fingerprint density at radius 3 is 2.46 bits per heavy atom. The van der Waals surface area contributed by atoms with Crippen molar-refractivity contribution in [2.75, 3.05) is 5.32 Å². The Bertz CT molecular complexity index is 1650. The van der Waals surface area contributed by atoms with E-state index in [0.717, 1.165) is 50.8 Å². The highest BCUT2D eigenvalue weighted by atomic mass is 19.1. The number of anilines is 1. The minimum atomic E-state index is -0.450. The number of benzene rings is 3. The van der Waals surface area contributed by atoms with Gasteiger partial charge in [0.05, 0.1) is 29.7 Å². The third kappa shape index (κ3) is 4.40. The van der Waals surface area contributed by atoms with Gasteiger partial charge < -0.3 is 14.8 Å². The zero-order valence-electron chi connectivity index (χ0n) is 22.2. The second kappa shape index (κ2) is 9.91. The highest BCUT2D eigenvalue weighted by molar-refractivity contribution is 5.90. The summed E-state index contributed by atoms with van der Waals surface area (Å²) < 4.78 is 18.1. The van der Waals surface area contributed by atoms with Crippen LogP contribution in [-0.2, 0) is 13.0 Å². The molecule has 0 unspecified atom stereocenters.